The van der Waals surface area contributed by atoms with Crippen LogP contribution in [0.4, 0.5) is 10.5 Å². The van der Waals surface area contributed by atoms with E-state index in [-0.39, 0.29) is 12.1 Å². The lowest BCUT2D eigenvalue weighted by Crippen LogP contribution is -2.38. The molecule has 3 rings (SSSR count). The molecule has 0 unspecified atom stereocenters. The van der Waals surface area contributed by atoms with E-state index in [1.54, 1.807) is 28.1 Å². The van der Waals surface area contributed by atoms with Crippen LogP contribution in [0.5, 0.6) is 0 Å². The minimum Gasteiger partial charge on any atom is -0.334 e. The number of anilines is 1. The highest BCUT2D eigenvalue weighted by molar-refractivity contribution is 5.89. The number of nitrogens with one attached hydrogen (secondary N) is 2. The Hall–Kier alpha value is -3.16. The highest BCUT2D eigenvalue weighted by atomic mass is 16.2. The molecule has 0 radical (unpaired) electrons. The Bertz CT molecular complexity index is 751. The molecule has 2 aromatic heterocycles. The third-order valence-corrected chi connectivity index (χ3v) is 3.17. The Balaban J connectivity index is 1.55. The fraction of sp³-hybridized carbons (Fsp3) is 0.200. The molecule has 8 nitrogen and oxygen atoms in total. The normalized spacial score (nSPS) is 11.9. The Kier molecular flexibility index (Phi) is 4.32. The SMILES string of the molecule is C[C@H](Cn1cncn1)NC(=O)Nc1cnn(-c2ccccc2)c1. The molecule has 0 saturated heterocycles. The fourth-order valence-corrected chi connectivity index (χ4v) is 2.15. The molecule has 0 aliphatic carbocycles. The maximum Gasteiger partial charge on any atom is 0.319 e. The number of benzene rings is 1. The van der Waals surface area contributed by atoms with Gasteiger partial charge in [0, 0.05) is 6.04 Å². The number of para-hydroxylation sites is 1. The van der Waals surface area contributed by atoms with Gasteiger partial charge >= 0.3 is 6.03 Å². The first kappa shape index (κ1) is 14.8. The van der Waals surface area contributed by atoms with Gasteiger partial charge in [-0.1, -0.05) is 18.2 Å². The highest BCUT2D eigenvalue weighted by Crippen LogP contribution is 2.11. The molecule has 118 valence electrons. The van der Waals surface area contributed by atoms with Crippen molar-refractivity contribution >= 4 is 11.7 Å². The number of hydrogen-bond donors (Lipinski definition) is 2. The Morgan fingerprint density at radius 3 is 2.83 bits per heavy atom. The molecular formula is C15H17N7O. The monoisotopic (exact) mass is 311 g/mol. The van der Waals surface area contributed by atoms with E-state index in [9.17, 15) is 4.79 Å². The van der Waals surface area contributed by atoms with Gasteiger partial charge in [-0.05, 0) is 19.1 Å². The molecule has 8 heteroatoms. The molecule has 0 aliphatic heterocycles. The average Bonchev–Trinajstić information content (AvgIpc) is 3.20. The molecule has 1 atom stereocenters. The predicted octanol–water partition coefficient (Wildman–Crippen LogP) is 1.67. The summed E-state index contributed by atoms with van der Waals surface area (Å²) >= 11 is 0. The van der Waals surface area contributed by atoms with Gasteiger partial charge < -0.3 is 10.6 Å². The maximum absolute atomic E-state index is 12.0. The van der Waals surface area contributed by atoms with Crippen LogP contribution in [-0.2, 0) is 6.54 Å². The largest absolute Gasteiger partial charge is 0.334 e. The van der Waals surface area contributed by atoms with Crippen LogP contribution in [0.1, 0.15) is 6.92 Å². The topological polar surface area (TPSA) is 89.7 Å². The number of aromatic nitrogens is 5. The number of hydrogen-bond acceptors (Lipinski definition) is 4. The number of amides is 2. The van der Waals surface area contributed by atoms with Crippen LogP contribution in [0.2, 0.25) is 0 Å². The van der Waals surface area contributed by atoms with Gasteiger partial charge in [0.05, 0.1) is 30.3 Å². The van der Waals surface area contributed by atoms with E-state index >= 15 is 0 Å². The number of nitrogens with zero attached hydrogens (tertiary/aromatic N) is 5. The van der Waals surface area contributed by atoms with E-state index in [0.717, 1.165) is 5.69 Å². The van der Waals surface area contributed by atoms with Crippen molar-refractivity contribution in [2.45, 2.75) is 19.5 Å². The van der Waals surface area contributed by atoms with Gasteiger partial charge in [-0.25, -0.2) is 14.5 Å². The van der Waals surface area contributed by atoms with Crippen molar-refractivity contribution in [3.8, 4) is 5.69 Å². The second kappa shape index (κ2) is 6.73. The van der Waals surface area contributed by atoms with E-state index in [1.807, 2.05) is 37.3 Å². The summed E-state index contributed by atoms with van der Waals surface area (Å²) in [6.07, 6.45) is 6.44. The number of carbonyl (C=O) groups excluding carboxylic acids is 1. The number of urea groups is 1. The van der Waals surface area contributed by atoms with E-state index < -0.39 is 0 Å². The first-order valence-corrected chi connectivity index (χ1v) is 7.21. The Morgan fingerprint density at radius 1 is 1.26 bits per heavy atom. The fourth-order valence-electron chi connectivity index (χ4n) is 2.15. The lowest BCUT2D eigenvalue weighted by molar-refractivity contribution is 0.247. The number of rotatable bonds is 5. The molecule has 2 N–H and O–H groups in total. The second-order valence-electron chi connectivity index (χ2n) is 5.13. The molecule has 0 bridgehead atoms. The van der Waals surface area contributed by atoms with Gasteiger partial charge in [0.2, 0.25) is 0 Å². The quantitative estimate of drug-likeness (QED) is 0.750. The first-order valence-electron chi connectivity index (χ1n) is 7.21. The van der Waals surface area contributed by atoms with E-state index in [2.05, 4.69) is 25.8 Å². The zero-order valence-corrected chi connectivity index (χ0v) is 12.6. The van der Waals surface area contributed by atoms with E-state index in [0.29, 0.717) is 12.2 Å². The molecular weight excluding hydrogens is 294 g/mol. The third-order valence-electron chi connectivity index (χ3n) is 3.17. The summed E-state index contributed by atoms with van der Waals surface area (Å²) in [7, 11) is 0. The summed E-state index contributed by atoms with van der Waals surface area (Å²) in [6, 6.07) is 9.32. The summed E-state index contributed by atoms with van der Waals surface area (Å²) in [5.41, 5.74) is 1.56. The maximum atomic E-state index is 12.0. The predicted molar refractivity (Wildman–Crippen MR) is 85.2 cm³/mol. The van der Waals surface area contributed by atoms with Crippen molar-refractivity contribution in [3.63, 3.8) is 0 Å². The summed E-state index contributed by atoms with van der Waals surface area (Å²) in [4.78, 5) is 15.9. The van der Waals surface area contributed by atoms with Crippen molar-refractivity contribution in [3.05, 3.63) is 55.4 Å². The smallest absolute Gasteiger partial charge is 0.319 e. The second-order valence-corrected chi connectivity index (χ2v) is 5.13. The summed E-state index contributed by atoms with van der Waals surface area (Å²) in [5, 5.41) is 13.8. The van der Waals surface area contributed by atoms with Crippen molar-refractivity contribution < 1.29 is 4.79 Å². The summed E-state index contributed by atoms with van der Waals surface area (Å²) in [5.74, 6) is 0. The number of carbonyl (C=O) groups is 1. The molecule has 0 saturated carbocycles. The lowest BCUT2D eigenvalue weighted by atomic mass is 10.3. The minimum absolute atomic E-state index is 0.0825. The van der Waals surface area contributed by atoms with Crippen molar-refractivity contribution in [2.24, 2.45) is 0 Å². The zero-order chi connectivity index (χ0) is 16.1. The minimum atomic E-state index is -0.287. The molecule has 0 aliphatic rings. The van der Waals surface area contributed by atoms with Crippen LogP contribution in [0.3, 0.4) is 0 Å². The molecule has 0 spiro atoms. The van der Waals surface area contributed by atoms with Crippen LogP contribution < -0.4 is 10.6 Å². The Labute approximate surface area is 133 Å². The molecule has 23 heavy (non-hydrogen) atoms. The van der Waals surface area contributed by atoms with Gasteiger partial charge in [0.15, 0.2) is 0 Å². The zero-order valence-electron chi connectivity index (χ0n) is 12.6. The summed E-state index contributed by atoms with van der Waals surface area (Å²) < 4.78 is 3.37. The van der Waals surface area contributed by atoms with Gasteiger partial charge in [-0.3, -0.25) is 4.68 Å². The van der Waals surface area contributed by atoms with Crippen LogP contribution in [-0.4, -0.2) is 36.6 Å². The van der Waals surface area contributed by atoms with Gasteiger partial charge in [-0.15, -0.1) is 0 Å². The Morgan fingerprint density at radius 2 is 2.09 bits per heavy atom. The van der Waals surface area contributed by atoms with Gasteiger partial charge in [0.1, 0.15) is 12.7 Å². The van der Waals surface area contributed by atoms with Crippen molar-refractivity contribution in [2.75, 3.05) is 5.32 Å². The van der Waals surface area contributed by atoms with Crippen molar-refractivity contribution in [1.82, 2.24) is 29.9 Å². The molecule has 2 heterocycles. The van der Waals surface area contributed by atoms with Gasteiger partial charge in [0.25, 0.3) is 0 Å². The standard InChI is InChI=1S/C15H17N7O/c1-12(8-21-11-16-10-18-21)19-15(23)20-13-7-17-22(9-13)14-5-3-2-4-6-14/h2-7,9-12H,8H2,1H3,(H2,19,20,23)/t12-/m1/s1. The molecule has 3 aromatic rings. The van der Waals surface area contributed by atoms with Gasteiger partial charge in [-0.2, -0.15) is 10.2 Å². The molecule has 2 amide bonds. The first-order chi connectivity index (χ1) is 11.2. The van der Waals surface area contributed by atoms with Crippen LogP contribution in [0.25, 0.3) is 5.69 Å². The average molecular weight is 311 g/mol. The van der Waals surface area contributed by atoms with Crippen molar-refractivity contribution in [1.29, 1.82) is 0 Å². The van der Waals surface area contributed by atoms with E-state index in [4.69, 9.17) is 0 Å². The lowest BCUT2D eigenvalue weighted by Gasteiger charge is -2.13. The summed E-state index contributed by atoms with van der Waals surface area (Å²) in [6.45, 7) is 2.45. The van der Waals surface area contributed by atoms with E-state index in [1.165, 1.54) is 6.33 Å². The molecule has 1 aromatic carbocycles. The molecule has 0 fully saturated rings. The van der Waals surface area contributed by atoms with Crippen LogP contribution >= 0.6 is 0 Å². The van der Waals surface area contributed by atoms with Crippen LogP contribution in [0.15, 0.2) is 55.4 Å². The third kappa shape index (κ3) is 3.94. The van der Waals surface area contributed by atoms with Crippen LogP contribution in [0, 0.1) is 0 Å². The highest BCUT2D eigenvalue weighted by Gasteiger charge is 2.09.